The van der Waals surface area contributed by atoms with Crippen molar-refractivity contribution in [2.24, 2.45) is 0 Å². The van der Waals surface area contributed by atoms with E-state index in [1.807, 2.05) is 19.0 Å². The van der Waals surface area contributed by atoms with Gasteiger partial charge in [0.25, 0.3) is 5.69 Å². The smallest absolute Gasteiger partial charge is 0.270 e. The molecule has 1 saturated heterocycles. The summed E-state index contributed by atoms with van der Waals surface area (Å²) >= 11 is 1.75. The zero-order valence-electron chi connectivity index (χ0n) is 14.1. The third-order valence-electron chi connectivity index (χ3n) is 3.93. The third-order valence-corrected chi connectivity index (χ3v) is 7.22. The molecule has 1 atom stereocenters. The first-order chi connectivity index (χ1) is 11.2. The number of rotatable bonds is 5. The molecule has 1 unspecified atom stereocenters. The highest BCUT2D eigenvalue weighted by atomic mass is 32.2. The van der Waals surface area contributed by atoms with Crippen molar-refractivity contribution >= 4 is 27.5 Å². The minimum Gasteiger partial charge on any atom is -0.308 e. The molecule has 0 radical (unpaired) electrons. The molecule has 0 aliphatic carbocycles. The normalized spacial score (nSPS) is 20.1. The van der Waals surface area contributed by atoms with E-state index >= 15 is 0 Å². The van der Waals surface area contributed by atoms with E-state index in [2.05, 4.69) is 0 Å². The standard InChI is InChI=1S/C15H23N3O4S2/c1-12-5-6-13(18(19)20)9-15(12)24(21,22)17-7-4-8-23-11-14(17)10-16(2)3/h5-6,9,14H,4,7-8,10-11H2,1-3H3. The molecule has 2 rings (SSSR count). The average Bonchev–Trinajstić information content (AvgIpc) is 2.72. The summed E-state index contributed by atoms with van der Waals surface area (Å²) in [6.45, 7) is 2.74. The van der Waals surface area contributed by atoms with Crippen molar-refractivity contribution in [2.45, 2.75) is 24.3 Å². The Morgan fingerprint density at radius 2 is 2.12 bits per heavy atom. The SMILES string of the molecule is Cc1ccc([N+](=O)[O-])cc1S(=O)(=O)N1CCCSCC1CN(C)C. The highest BCUT2D eigenvalue weighted by molar-refractivity contribution is 7.99. The topological polar surface area (TPSA) is 83.8 Å². The number of sulfonamides is 1. The van der Waals surface area contributed by atoms with Crippen LogP contribution >= 0.6 is 11.8 Å². The molecule has 0 bridgehead atoms. The fourth-order valence-corrected chi connectivity index (χ4v) is 5.85. The van der Waals surface area contributed by atoms with Gasteiger partial charge < -0.3 is 4.90 Å². The van der Waals surface area contributed by atoms with E-state index in [-0.39, 0.29) is 16.6 Å². The first-order valence-corrected chi connectivity index (χ1v) is 10.3. The van der Waals surface area contributed by atoms with Crippen LogP contribution in [-0.4, -0.2) is 67.3 Å². The molecule has 134 valence electrons. The maximum Gasteiger partial charge on any atom is 0.270 e. The van der Waals surface area contributed by atoms with Gasteiger partial charge in [0.15, 0.2) is 0 Å². The van der Waals surface area contributed by atoms with Crippen LogP contribution in [0.1, 0.15) is 12.0 Å². The minimum absolute atomic E-state index is 0.0346. The molecule has 1 fully saturated rings. The van der Waals surface area contributed by atoms with E-state index in [0.717, 1.165) is 17.9 Å². The number of likely N-dealkylation sites (N-methyl/N-ethyl adjacent to an activating group) is 1. The zero-order chi connectivity index (χ0) is 17.9. The van der Waals surface area contributed by atoms with Gasteiger partial charge >= 0.3 is 0 Å². The summed E-state index contributed by atoms with van der Waals surface area (Å²) in [5.41, 5.74) is 0.327. The van der Waals surface area contributed by atoms with Crippen molar-refractivity contribution in [3.63, 3.8) is 0 Å². The lowest BCUT2D eigenvalue weighted by Crippen LogP contribution is -2.46. The van der Waals surface area contributed by atoms with Gasteiger partial charge in [0.05, 0.1) is 9.82 Å². The van der Waals surface area contributed by atoms with Crippen LogP contribution in [0.5, 0.6) is 0 Å². The Hall–Kier alpha value is -1.16. The van der Waals surface area contributed by atoms with Crippen LogP contribution in [0.3, 0.4) is 0 Å². The molecule has 0 N–H and O–H groups in total. The first kappa shape index (κ1) is 19.2. The predicted molar refractivity (Wildman–Crippen MR) is 96.0 cm³/mol. The summed E-state index contributed by atoms with van der Waals surface area (Å²) in [6, 6.07) is 3.87. The number of nitro groups is 1. The van der Waals surface area contributed by atoms with Gasteiger partial charge in [-0.05, 0) is 38.8 Å². The number of hydrogen-bond acceptors (Lipinski definition) is 6. The van der Waals surface area contributed by atoms with Gasteiger partial charge in [0, 0.05) is 37.0 Å². The molecule has 24 heavy (non-hydrogen) atoms. The van der Waals surface area contributed by atoms with Gasteiger partial charge in [-0.1, -0.05) is 6.07 Å². The molecule has 0 amide bonds. The number of nitro benzene ring substituents is 1. The Morgan fingerprint density at radius 1 is 1.42 bits per heavy atom. The molecule has 1 aliphatic heterocycles. The Balaban J connectivity index is 2.46. The summed E-state index contributed by atoms with van der Waals surface area (Å²) in [5.74, 6) is 1.65. The zero-order valence-corrected chi connectivity index (χ0v) is 15.8. The van der Waals surface area contributed by atoms with Crippen LogP contribution in [0, 0.1) is 17.0 Å². The van der Waals surface area contributed by atoms with E-state index < -0.39 is 14.9 Å². The van der Waals surface area contributed by atoms with Crippen LogP contribution < -0.4 is 0 Å². The highest BCUT2D eigenvalue weighted by Gasteiger charge is 2.34. The fourth-order valence-electron chi connectivity index (χ4n) is 2.80. The minimum atomic E-state index is -3.78. The summed E-state index contributed by atoms with van der Waals surface area (Å²) in [7, 11) is 0.0533. The molecule has 1 aromatic rings. The maximum absolute atomic E-state index is 13.2. The van der Waals surface area contributed by atoms with Crippen molar-refractivity contribution in [1.29, 1.82) is 0 Å². The molecule has 1 aromatic carbocycles. The summed E-state index contributed by atoms with van der Waals surface area (Å²) in [6.07, 6.45) is 0.780. The number of thioether (sulfide) groups is 1. The number of non-ortho nitro benzene ring substituents is 1. The van der Waals surface area contributed by atoms with E-state index in [1.165, 1.54) is 22.5 Å². The predicted octanol–water partition coefficient (Wildman–Crippen LogP) is 1.96. The number of hydrogen-bond donors (Lipinski definition) is 0. The Labute approximate surface area is 147 Å². The van der Waals surface area contributed by atoms with E-state index in [1.54, 1.807) is 18.7 Å². The molecule has 0 aromatic heterocycles. The molecule has 1 heterocycles. The second-order valence-electron chi connectivity index (χ2n) is 6.17. The lowest BCUT2D eigenvalue weighted by Gasteiger charge is -2.31. The fraction of sp³-hybridized carbons (Fsp3) is 0.600. The monoisotopic (exact) mass is 373 g/mol. The van der Waals surface area contributed by atoms with Crippen LogP contribution in [0.4, 0.5) is 5.69 Å². The second-order valence-corrected chi connectivity index (χ2v) is 9.18. The summed E-state index contributed by atoms with van der Waals surface area (Å²) in [4.78, 5) is 12.5. The van der Waals surface area contributed by atoms with Crippen molar-refractivity contribution in [1.82, 2.24) is 9.21 Å². The molecular formula is C15H23N3O4S2. The van der Waals surface area contributed by atoms with Gasteiger partial charge in [-0.2, -0.15) is 16.1 Å². The number of nitrogens with zero attached hydrogens (tertiary/aromatic N) is 3. The van der Waals surface area contributed by atoms with Gasteiger partial charge in [-0.15, -0.1) is 0 Å². The summed E-state index contributed by atoms with van der Waals surface area (Å²) < 4.78 is 27.9. The quantitative estimate of drug-likeness (QED) is 0.579. The lowest BCUT2D eigenvalue weighted by molar-refractivity contribution is -0.385. The van der Waals surface area contributed by atoms with Crippen LogP contribution in [0.25, 0.3) is 0 Å². The van der Waals surface area contributed by atoms with Gasteiger partial charge in [0.1, 0.15) is 0 Å². The number of benzene rings is 1. The van der Waals surface area contributed by atoms with Crippen LogP contribution in [0.15, 0.2) is 23.1 Å². The van der Waals surface area contributed by atoms with Gasteiger partial charge in [-0.3, -0.25) is 10.1 Å². The van der Waals surface area contributed by atoms with Crippen LogP contribution in [0.2, 0.25) is 0 Å². The molecular weight excluding hydrogens is 350 g/mol. The lowest BCUT2D eigenvalue weighted by atomic mass is 10.2. The van der Waals surface area contributed by atoms with Gasteiger partial charge in [0.2, 0.25) is 10.0 Å². The average molecular weight is 374 g/mol. The molecule has 7 nitrogen and oxygen atoms in total. The Kier molecular flexibility index (Phi) is 6.24. The van der Waals surface area contributed by atoms with Crippen molar-refractivity contribution in [3.8, 4) is 0 Å². The van der Waals surface area contributed by atoms with Gasteiger partial charge in [-0.25, -0.2) is 8.42 Å². The maximum atomic E-state index is 13.2. The van der Waals surface area contributed by atoms with Crippen molar-refractivity contribution in [3.05, 3.63) is 33.9 Å². The largest absolute Gasteiger partial charge is 0.308 e. The Morgan fingerprint density at radius 3 is 2.75 bits per heavy atom. The van der Waals surface area contributed by atoms with E-state index in [4.69, 9.17) is 0 Å². The summed E-state index contributed by atoms with van der Waals surface area (Å²) in [5, 5.41) is 11.0. The molecule has 0 spiro atoms. The molecule has 1 aliphatic rings. The van der Waals surface area contributed by atoms with E-state index in [0.29, 0.717) is 18.7 Å². The second kappa shape index (κ2) is 7.81. The van der Waals surface area contributed by atoms with Crippen molar-refractivity contribution in [2.75, 3.05) is 38.7 Å². The van der Waals surface area contributed by atoms with E-state index in [9.17, 15) is 18.5 Å². The van der Waals surface area contributed by atoms with Crippen molar-refractivity contribution < 1.29 is 13.3 Å². The molecule has 9 heteroatoms. The Bertz CT molecular complexity index is 707. The third kappa shape index (κ3) is 4.27. The first-order valence-electron chi connectivity index (χ1n) is 7.73. The number of aryl methyl sites for hydroxylation is 1. The molecule has 0 saturated carbocycles. The van der Waals surface area contributed by atoms with Crippen LogP contribution in [-0.2, 0) is 10.0 Å². The highest BCUT2D eigenvalue weighted by Crippen LogP contribution is 2.28.